The maximum Gasteiger partial charge on any atom is 0.193 e. The number of hydrogen-bond acceptors (Lipinski definition) is 3. The first kappa shape index (κ1) is 12.2. The second kappa shape index (κ2) is 4.92. The molecule has 0 fully saturated rings. The monoisotopic (exact) mass is 242 g/mol. The van der Waals surface area contributed by atoms with E-state index in [1.54, 1.807) is 12.1 Å². The van der Waals surface area contributed by atoms with Crippen molar-refractivity contribution in [3.63, 3.8) is 0 Å². The molecule has 0 unspecified atom stereocenters. The first-order valence-electron chi connectivity index (χ1n) is 5.77. The molecule has 0 atom stereocenters. The van der Waals surface area contributed by atoms with Gasteiger partial charge in [0.2, 0.25) is 0 Å². The van der Waals surface area contributed by atoms with E-state index >= 15 is 0 Å². The third kappa shape index (κ3) is 2.35. The van der Waals surface area contributed by atoms with Gasteiger partial charge in [-0.15, -0.1) is 0 Å². The van der Waals surface area contributed by atoms with Crippen molar-refractivity contribution in [2.24, 2.45) is 0 Å². The molecule has 0 aliphatic carbocycles. The van der Waals surface area contributed by atoms with Crippen LogP contribution >= 0.6 is 0 Å². The van der Waals surface area contributed by atoms with Crippen molar-refractivity contribution in [2.75, 3.05) is 0 Å². The summed E-state index contributed by atoms with van der Waals surface area (Å²) in [4.78, 5) is 12.1. The lowest BCUT2D eigenvalue weighted by Gasteiger charge is -2.04. The summed E-state index contributed by atoms with van der Waals surface area (Å²) >= 11 is 0. The van der Waals surface area contributed by atoms with E-state index in [0.717, 1.165) is 6.42 Å². The molecule has 0 aromatic heterocycles. The average molecular weight is 242 g/mol. The molecule has 0 bridgehead atoms. The van der Waals surface area contributed by atoms with Crippen LogP contribution in [0.5, 0.6) is 11.5 Å². The van der Waals surface area contributed by atoms with Crippen LogP contribution in [0.15, 0.2) is 42.5 Å². The van der Waals surface area contributed by atoms with E-state index in [4.69, 9.17) is 0 Å². The predicted octanol–water partition coefficient (Wildman–Crippen LogP) is 2.89. The Morgan fingerprint density at radius 3 is 2.11 bits per heavy atom. The maximum atomic E-state index is 12.1. The fourth-order valence-corrected chi connectivity index (χ4v) is 1.72. The highest BCUT2D eigenvalue weighted by atomic mass is 16.3. The molecule has 92 valence electrons. The van der Waals surface area contributed by atoms with Crippen LogP contribution in [0.4, 0.5) is 0 Å². The number of benzene rings is 2. The largest absolute Gasteiger partial charge is 0.504 e. The highest BCUT2D eigenvalue weighted by Crippen LogP contribution is 2.26. The molecule has 0 amide bonds. The zero-order valence-electron chi connectivity index (χ0n) is 10.1. The minimum Gasteiger partial charge on any atom is -0.504 e. The lowest BCUT2D eigenvalue weighted by Crippen LogP contribution is -2.01. The molecule has 0 heterocycles. The Labute approximate surface area is 105 Å². The van der Waals surface area contributed by atoms with E-state index in [-0.39, 0.29) is 17.3 Å². The maximum absolute atomic E-state index is 12.1. The highest BCUT2D eigenvalue weighted by molar-refractivity contribution is 6.09. The number of phenolic OH excluding ortho intramolecular Hbond substituents is 2. The zero-order valence-corrected chi connectivity index (χ0v) is 10.1. The van der Waals surface area contributed by atoms with Gasteiger partial charge in [0.15, 0.2) is 17.3 Å². The molecule has 0 radical (unpaired) electrons. The quantitative estimate of drug-likeness (QED) is 0.642. The molecule has 0 aliphatic rings. The van der Waals surface area contributed by atoms with Crippen molar-refractivity contribution in [1.82, 2.24) is 0 Å². The summed E-state index contributed by atoms with van der Waals surface area (Å²) in [6, 6.07) is 11.4. The number of hydrogen-bond donors (Lipinski definition) is 2. The van der Waals surface area contributed by atoms with Gasteiger partial charge in [-0.3, -0.25) is 4.79 Å². The van der Waals surface area contributed by atoms with E-state index < -0.39 is 0 Å². The number of aromatic hydroxyl groups is 2. The summed E-state index contributed by atoms with van der Waals surface area (Å²) in [5.74, 6) is -0.688. The third-order valence-electron chi connectivity index (χ3n) is 2.86. The van der Waals surface area contributed by atoms with Gasteiger partial charge in [0.25, 0.3) is 0 Å². The highest BCUT2D eigenvalue weighted by Gasteiger charge is 2.11. The molecule has 2 rings (SSSR count). The Morgan fingerprint density at radius 1 is 0.944 bits per heavy atom. The molecule has 3 nitrogen and oxygen atoms in total. The standard InChI is InChI=1S/C15H14O3/c1-2-10-3-5-11(6-4-10)15(18)12-7-8-13(16)14(17)9-12/h3-9,16-17H,2H2,1H3. The van der Waals surface area contributed by atoms with E-state index in [9.17, 15) is 15.0 Å². The lowest BCUT2D eigenvalue weighted by atomic mass is 10.0. The van der Waals surface area contributed by atoms with Gasteiger partial charge in [-0.05, 0) is 30.2 Å². The van der Waals surface area contributed by atoms with E-state index in [0.29, 0.717) is 11.1 Å². The Morgan fingerprint density at radius 2 is 1.56 bits per heavy atom. The zero-order chi connectivity index (χ0) is 13.1. The second-order valence-electron chi connectivity index (χ2n) is 4.08. The summed E-state index contributed by atoms with van der Waals surface area (Å²) in [6.07, 6.45) is 0.925. The van der Waals surface area contributed by atoms with Gasteiger partial charge in [-0.1, -0.05) is 31.2 Å². The Bertz CT molecular complexity index is 571. The van der Waals surface area contributed by atoms with Crippen LogP contribution in [0.3, 0.4) is 0 Å². The number of carbonyl (C=O) groups is 1. The molecule has 18 heavy (non-hydrogen) atoms. The Hall–Kier alpha value is -2.29. The Balaban J connectivity index is 2.32. The molecular formula is C15H14O3. The summed E-state index contributed by atoms with van der Waals surface area (Å²) < 4.78 is 0. The molecule has 2 aromatic rings. The van der Waals surface area contributed by atoms with Crippen molar-refractivity contribution in [3.05, 3.63) is 59.2 Å². The number of aryl methyl sites for hydroxylation is 1. The molecule has 0 saturated heterocycles. The SMILES string of the molecule is CCc1ccc(C(=O)c2ccc(O)c(O)c2)cc1. The Kier molecular flexibility index (Phi) is 3.33. The van der Waals surface area contributed by atoms with Crippen molar-refractivity contribution in [2.45, 2.75) is 13.3 Å². The van der Waals surface area contributed by atoms with Gasteiger partial charge in [-0.25, -0.2) is 0 Å². The molecule has 0 aliphatic heterocycles. The van der Waals surface area contributed by atoms with Gasteiger partial charge in [0, 0.05) is 11.1 Å². The van der Waals surface area contributed by atoms with Crippen LogP contribution in [0, 0.1) is 0 Å². The van der Waals surface area contributed by atoms with Gasteiger partial charge in [-0.2, -0.15) is 0 Å². The van der Waals surface area contributed by atoms with Crippen molar-refractivity contribution >= 4 is 5.78 Å². The third-order valence-corrected chi connectivity index (χ3v) is 2.86. The van der Waals surface area contributed by atoms with Crippen LogP contribution in [0.1, 0.15) is 28.4 Å². The number of carbonyl (C=O) groups excluding carboxylic acids is 1. The summed E-state index contributed by atoms with van der Waals surface area (Å²) in [6.45, 7) is 2.05. The van der Waals surface area contributed by atoms with Crippen LogP contribution in [-0.2, 0) is 6.42 Å². The van der Waals surface area contributed by atoms with E-state index in [1.165, 1.54) is 23.8 Å². The van der Waals surface area contributed by atoms with Gasteiger partial charge < -0.3 is 10.2 Å². The van der Waals surface area contributed by atoms with Crippen molar-refractivity contribution in [3.8, 4) is 11.5 Å². The minimum absolute atomic E-state index is 0.173. The molecule has 0 saturated carbocycles. The van der Waals surface area contributed by atoms with Gasteiger partial charge >= 0.3 is 0 Å². The van der Waals surface area contributed by atoms with Gasteiger partial charge in [0.1, 0.15) is 0 Å². The first-order valence-corrected chi connectivity index (χ1v) is 5.77. The van der Waals surface area contributed by atoms with E-state index in [2.05, 4.69) is 6.92 Å². The van der Waals surface area contributed by atoms with Crippen LogP contribution in [-0.4, -0.2) is 16.0 Å². The fraction of sp³-hybridized carbons (Fsp3) is 0.133. The molecular weight excluding hydrogens is 228 g/mol. The molecule has 0 spiro atoms. The van der Waals surface area contributed by atoms with Gasteiger partial charge in [0.05, 0.1) is 0 Å². The summed E-state index contributed by atoms with van der Waals surface area (Å²) in [5, 5.41) is 18.6. The van der Waals surface area contributed by atoms with Crippen molar-refractivity contribution in [1.29, 1.82) is 0 Å². The fourth-order valence-electron chi connectivity index (χ4n) is 1.72. The van der Waals surface area contributed by atoms with Crippen molar-refractivity contribution < 1.29 is 15.0 Å². The number of ketones is 1. The lowest BCUT2D eigenvalue weighted by molar-refractivity contribution is 0.103. The van der Waals surface area contributed by atoms with Crippen LogP contribution < -0.4 is 0 Å². The molecule has 3 heteroatoms. The molecule has 2 aromatic carbocycles. The second-order valence-corrected chi connectivity index (χ2v) is 4.08. The number of phenols is 2. The summed E-state index contributed by atoms with van der Waals surface area (Å²) in [5.41, 5.74) is 2.09. The smallest absolute Gasteiger partial charge is 0.193 e. The predicted molar refractivity (Wildman–Crippen MR) is 69.0 cm³/mol. The van der Waals surface area contributed by atoms with Crippen LogP contribution in [0.25, 0.3) is 0 Å². The number of rotatable bonds is 3. The van der Waals surface area contributed by atoms with E-state index in [1.807, 2.05) is 12.1 Å². The topological polar surface area (TPSA) is 57.5 Å². The minimum atomic E-state index is -0.286. The molecule has 2 N–H and O–H groups in total. The van der Waals surface area contributed by atoms with Crippen LogP contribution in [0.2, 0.25) is 0 Å². The normalized spacial score (nSPS) is 10.3. The summed E-state index contributed by atoms with van der Waals surface area (Å²) in [7, 11) is 0. The average Bonchev–Trinajstić information content (AvgIpc) is 2.41. The first-order chi connectivity index (χ1) is 8.61.